The maximum Gasteiger partial charge on any atom is 0.340 e. The largest absolute Gasteiger partial charge is 0.462 e. The zero-order valence-electron chi connectivity index (χ0n) is 11.5. The molecule has 2 N–H and O–H groups in total. The number of thioether (sulfide) groups is 1. The molecule has 1 aromatic rings. The van der Waals surface area contributed by atoms with Crippen LogP contribution in [-0.2, 0) is 4.74 Å². The fourth-order valence-electron chi connectivity index (χ4n) is 2.19. The molecule has 0 unspecified atom stereocenters. The monoisotopic (exact) mass is 298 g/mol. The minimum absolute atomic E-state index is 0.119. The second-order valence-corrected chi connectivity index (χ2v) is 5.79. The molecule has 1 fully saturated rings. The highest BCUT2D eigenvalue weighted by Crippen LogP contribution is 2.27. The molecule has 1 aromatic carbocycles. The molecule has 110 valence electrons. The highest BCUT2D eigenvalue weighted by molar-refractivity contribution is 7.99. The molecule has 20 heavy (non-hydrogen) atoms. The first kappa shape index (κ1) is 15.0. The predicted molar refractivity (Wildman–Crippen MR) is 80.9 cm³/mol. The topological polar surface area (TPSA) is 55.6 Å². The van der Waals surface area contributed by atoms with Crippen LogP contribution in [0, 0.1) is 5.82 Å². The van der Waals surface area contributed by atoms with Crippen LogP contribution in [-0.4, -0.2) is 37.2 Å². The lowest BCUT2D eigenvalue weighted by Gasteiger charge is -2.23. The number of hydrogen-bond acceptors (Lipinski definition) is 5. The van der Waals surface area contributed by atoms with Crippen LogP contribution >= 0.6 is 11.8 Å². The summed E-state index contributed by atoms with van der Waals surface area (Å²) in [6.07, 6.45) is 1.00. The zero-order chi connectivity index (χ0) is 14.5. The van der Waals surface area contributed by atoms with E-state index in [0.717, 1.165) is 31.0 Å². The van der Waals surface area contributed by atoms with Gasteiger partial charge in [-0.15, -0.1) is 0 Å². The van der Waals surface area contributed by atoms with Crippen molar-refractivity contribution in [2.75, 3.05) is 41.8 Å². The molecule has 1 aliphatic rings. The van der Waals surface area contributed by atoms with Crippen LogP contribution in [0.4, 0.5) is 15.8 Å². The van der Waals surface area contributed by atoms with Crippen molar-refractivity contribution in [3.05, 3.63) is 23.5 Å². The fraction of sp³-hybridized carbons (Fsp3) is 0.500. The van der Waals surface area contributed by atoms with Gasteiger partial charge >= 0.3 is 5.97 Å². The third-order valence-corrected chi connectivity index (χ3v) is 4.23. The molecule has 1 aliphatic heterocycles. The van der Waals surface area contributed by atoms with Gasteiger partial charge in [0, 0.05) is 24.5 Å². The van der Waals surface area contributed by atoms with Gasteiger partial charge in [-0.05, 0) is 31.2 Å². The van der Waals surface area contributed by atoms with Crippen molar-refractivity contribution in [2.45, 2.75) is 13.3 Å². The van der Waals surface area contributed by atoms with Crippen molar-refractivity contribution in [3.8, 4) is 0 Å². The molecule has 6 heteroatoms. The quantitative estimate of drug-likeness (QED) is 0.686. The second kappa shape index (κ2) is 6.83. The maximum atomic E-state index is 14.1. The van der Waals surface area contributed by atoms with E-state index >= 15 is 0 Å². The summed E-state index contributed by atoms with van der Waals surface area (Å²) >= 11 is 1.86. The first-order chi connectivity index (χ1) is 9.63. The lowest BCUT2D eigenvalue weighted by Crippen LogP contribution is -2.27. The van der Waals surface area contributed by atoms with Gasteiger partial charge in [-0.3, -0.25) is 0 Å². The van der Waals surface area contributed by atoms with E-state index in [2.05, 4.69) is 0 Å². The molecular weight excluding hydrogens is 279 g/mol. The standard InChI is InChI=1S/C14H19FN2O2S/c1-2-19-14(18)10-8-13(11(15)9-12(10)16)17-4-3-6-20-7-5-17/h8-9H,2-7,16H2,1H3. The predicted octanol–water partition coefficient (Wildman–Crippen LogP) is 2.53. The number of carbonyl (C=O) groups is 1. The van der Waals surface area contributed by atoms with Crippen LogP contribution in [0.2, 0.25) is 0 Å². The average molecular weight is 298 g/mol. The van der Waals surface area contributed by atoms with E-state index in [-0.39, 0.29) is 23.7 Å². The molecule has 4 nitrogen and oxygen atoms in total. The van der Waals surface area contributed by atoms with Gasteiger partial charge in [0.25, 0.3) is 0 Å². The lowest BCUT2D eigenvalue weighted by molar-refractivity contribution is 0.0527. The van der Waals surface area contributed by atoms with E-state index in [4.69, 9.17) is 10.5 Å². The summed E-state index contributed by atoms with van der Waals surface area (Å²) in [5, 5.41) is 0. The van der Waals surface area contributed by atoms with Gasteiger partial charge in [0.15, 0.2) is 0 Å². The van der Waals surface area contributed by atoms with Gasteiger partial charge in [0.1, 0.15) is 5.82 Å². The van der Waals surface area contributed by atoms with Crippen LogP contribution < -0.4 is 10.6 Å². The Bertz CT molecular complexity index is 488. The van der Waals surface area contributed by atoms with Crippen molar-refractivity contribution in [2.24, 2.45) is 0 Å². The van der Waals surface area contributed by atoms with E-state index in [1.165, 1.54) is 12.1 Å². The number of anilines is 2. The number of esters is 1. The number of nitrogens with two attached hydrogens (primary N) is 1. The van der Waals surface area contributed by atoms with E-state index in [1.54, 1.807) is 6.92 Å². The van der Waals surface area contributed by atoms with Crippen LogP contribution in [0.3, 0.4) is 0 Å². The minimum Gasteiger partial charge on any atom is -0.462 e. The average Bonchev–Trinajstić information content (AvgIpc) is 2.68. The third-order valence-electron chi connectivity index (χ3n) is 3.18. The van der Waals surface area contributed by atoms with E-state index < -0.39 is 5.97 Å². The van der Waals surface area contributed by atoms with Crippen LogP contribution in [0.5, 0.6) is 0 Å². The Morgan fingerprint density at radius 2 is 2.25 bits per heavy atom. The summed E-state index contributed by atoms with van der Waals surface area (Å²) in [6, 6.07) is 2.72. The van der Waals surface area contributed by atoms with Gasteiger partial charge in [0.2, 0.25) is 0 Å². The van der Waals surface area contributed by atoms with E-state index in [0.29, 0.717) is 5.69 Å². The first-order valence-corrected chi connectivity index (χ1v) is 7.87. The summed E-state index contributed by atoms with van der Waals surface area (Å²) < 4.78 is 19.1. The van der Waals surface area contributed by atoms with Crippen LogP contribution in [0.15, 0.2) is 12.1 Å². The number of halogens is 1. The maximum absolute atomic E-state index is 14.1. The molecule has 0 atom stereocenters. The van der Waals surface area contributed by atoms with Crippen LogP contribution in [0.25, 0.3) is 0 Å². The molecule has 0 spiro atoms. The Morgan fingerprint density at radius 3 is 3.00 bits per heavy atom. The molecule has 0 amide bonds. The summed E-state index contributed by atoms with van der Waals surface area (Å²) in [6.45, 7) is 3.56. The Kier molecular flexibility index (Phi) is 5.11. The molecule has 0 aromatic heterocycles. The Morgan fingerprint density at radius 1 is 1.45 bits per heavy atom. The second-order valence-electron chi connectivity index (χ2n) is 4.56. The lowest BCUT2D eigenvalue weighted by atomic mass is 10.1. The highest BCUT2D eigenvalue weighted by Gasteiger charge is 2.19. The Labute approximate surface area is 122 Å². The zero-order valence-corrected chi connectivity index (χ0v) is 12.3. The molecule has 0 aliphatic carbocycles. The van der Waals surface area contributed by atoms with Crippen molar-refractivity contribution in [3.63, 3.8) is 0 Å². The van der Waals surface area contributed by atoms with Crippen molar-refractivity contribution in [1.29, 1.82) is 0 Å². The van der Waals surface area contributed by atoms with Gasteiger partial charge < -0.3 is 15.4 Å². The number of nitrogen functional groups attached to an aromatic ring is 1. The summed E-state index contributed by atoms with van der Waals surface area (Å²) in [4.78, 5) is 13.8. The molecule has 0 bridgehead atoms. The number of nitrogens with zero attached hydrogens (tertiary/aromatic N) is 1. The first-order valence-electron chi connectivity index (χ1n) is 6.72. The number of carbonyl (C=O) groups excluding carboxylic acids is 1. The summed E-state index contributed by atoms with van der Waals surface area (Å²) in [7, 11) is 0. The van der Waals surface area contributed by atoms with Crippen molar-refractivity contribution in [1.82, 2.24) is 0 Å². The van der Waals surface area contributed by atoms with Crippen LogP contribution in [0.1, 0.15) is 23.7 Å². The number of ether oxygens (including phenoxy) is 1. The number of hydrogen-bond donors (Lipinski definition) is 1. The van der Waals surface area contributed by atoms with Crippen molar-refractivity contribution >= 4 is 29.1 Å². The summed E-state index contributed by atoms with van der Waals surface area (Å²) in [5.74, 6) is 1.15. The third kappa shape index (κ3) is 3.36. The normalized spacial score (nSPS) is 15.8. The molecule has 0 saturated carbocycles. The summed E-state index contributed by atoms with van der Waals surface area (Å²) in [5.41, 5.74) is 6.51. The van der Waals surface area contributed by atoms with E-state index in [9.17, 15) is 9.18 Å². The van der Waals surface area contributed by atoms with E-state index in [1.807, 2.05) is 16.7 Å². The van der Waals surface area contributed by atoms with Gasteiger partial charge in [-0.1, -0.05) is 0 Å². The molecule has 1 saturated heterocycles. The van der Waals surface area contributed by atoms with Gasteiger partial charge in [-0.25, -0.2) is 9.18 Å². The minimum atomic E-state index is -0.504. The Balaban J connectivity index is 2.32. The molecule has 0 radical (unpaired) electrons. The molecule has 1 heterocycles. The van der Waals surface area contributed by atoms with Gasteiger partial charge in [-0.2, -0.15) is 11.8 Å². The smallest absolute Gasteiger partial charge is 0.340 e. The fourth-order valence-corrected chi connectivity index (χ4v) is 3.08. The SMILES string of the molecule is CCOC(=O)c1cc(N2CCCSCC2)c(F)cc1N. The van der Waals surface area contributed by atoms with Crippen molar-refractivity contribution < 1.29 is 13.9 Å². The highest BCUT2D eigenvalue weighted by atomic mass is 32.2. The van der Waals surface area contributed by atoms with Gasteiger partial charge in [0.05, 0.1) is 17.9 Å². The number of benzene rings is 1. The Hall–Kier alpha value is -1.43. The number of rotatable bonds is 3. The molecule has 2 rings (SSSR count). The molecular formula is C14H19FN2O2S.